The van der Waals surface area contributed by atoms with Crippen LogP contribution in [0.3, 0.4) is 0 Å². The van der Waals surface area contributed by atoms with Crippen molar-refractivity contribution in [2.24, 2.45) is 5.73 Å². The van der Waals surface area contributed by atoms with Gasteiger partial charge < -0.3 is 24.8 Å². The molecule has 0 amide bonds. The molecule has 0 aliphatic carbocycles. The highest BCUT2D eigenvalue weighted by atomic mass is 16.7. The van der Waals surface area contributed by atoms with Gasteiger partial charge in [-0.25, -0.2) is 0 Å². The second-order valence-corrected chi connectivity index (χ2v) is 4.72. The van der Waals surface area contributed by atoms with Gasteiger partial charge in [-0.3, -0.25) is 0 Å². The van der Waals surface area contributed by atoms with Gasteiger partial charge in [0.1, 0.15) is 0 Å². The highest BCUT2D eigenvalue weighted by molar-refractivity contribution is 4.83. The zero-order valence-corrected chi connectivity index (χ0v) is 10.7. The molecule has 5 heteroatoms. The van der Waals surface area contributed by atoms with Crippen LogP contribution in [-0.4, -0.2) is 62.8 Å². The molecule has 100 valence electrons. The molecule has 2 fully saturated rings. The van der Waals surface area contributed by atoms with Crippen LogP contribution in [0.15, 0.2) is 0 Å². The van der Waals surface area contributed by atoms with E-state index < -0.39 is 0 Å². The molecule has 0 aromatic heterocycles. The van der Waals surface area contributed by atoms with E-state index in [0.29, 0.717) is 6.54 Å². The lowest BCUT2D eigenvalue weighted by molar-refractivity contribution is -0.186. The summed E-state index contributed by atoms with van der Waals surface area (Å²) in [7, 11) is 0. The number of hydrogen-bond acceptors (Lipinski definition) is 5. The molecule has 2 aliphatic heterocycles. The molecule has 2 aliphatic rings. The lowest BCUT2D eigenvalue weighted by Gasteiger charge is -2.38. The molecule has 1 spiro atoms. The third kappa shape index (κ3) is 3.39. The molecule has 0 aromatic rings. The second kappa shape index (κ2) is 6.11. The summed E-state index contributed by atoms with van der Waals surface area (Å²) in [5.41, 5.74) is 5.69. The molecule has 0 aromatic carbocycles. The fourth-order valence-electron chi connectivity index (χ4n) is 2.58. The normalized spacial score (nSPS) is 26.5. The Morgan fingerprint density at radius 2 is 1.94 bits per heavy atom. The van der Waals surface area contributed by atoms with E-state index in [1.807, 2.05) is 6.92 Å². The lowest BCUT2D eigenvalue weighted by Crippen LogP contribution is -2.48. The van der Waals surface area contributed by atoms with Gasteiger partial charge in [-0.1, -0.05) is 0 Å². The van der Waals surface area contributed by atoms with Gasteiger partial charge in [0.15, 0.2) is 5.79 Å². The first-order valence-electron chi connectivity index (χ1n) is 6.60. The molecular formula is C12H24N2O3. The number of piperidine rings is 1. The maximum atomic E-state index is 5.70. The summed E-state index contributed by atoms with van der Waals surface area (Å²) in [5.74, 6) is -0.277. The van der Waals surface area contributed by atoms with Crippen LogP contribution in [0.5, 0.6) is 0 Å². The van der Waals surface area contributed by atoms with Crippen molar-refractivity contribution in [1.29, 1.82) is 0 Å². The Balaban J connectivity index is 1.74. The quantitative estimate of drug-likeness (QED) is 0.748. The SMILES string of the molecule is CCOC(CN)CN1CCC2(CC1)OCCO2. The maximum absolute atomic E-state index is 5.70. The highest BCUT2D eigenvalue weighted by Gasteiger charge is 2.39. The molecular weight excluding hydrogens is 220 g/mol. The summed E-state index contributed by atoms with van der Waals surface area (Å²) in [4.78, 5) is 2.39. The first-order valence-corrected chi connectivity index (χ1v) is 6.60. The lowest BCUT2D eigenvalue weighted by atomic mass is 10.0. The average Bonchev–Trinajstić information content (AvgIpc) is 2.80. The van der Waals surface area contributed by atoms with Gasteiger partial charge in [-0.05, 0) is 6.92 Å². The van der Waals surface area contributed by atoms with Gasteiger partial charge in [0.2, 0.25) is 0 Å². The van der Waals surface area contributed by atoms with Crippen LogP contribution >= 0.6 is 0 Å². The molecule has 0 saturated carbocycles. The van der Waals surface area contributed by atoms with E-state index in [1.54, 1.807) is 0 Å². The molecule has 1 unspecified atom stereocenters. The molecule has 0 bridgehead atoms. The minimum Gasteiger partial charge on any atom is -0.376 e. The third-order valence-electron chi connectivity index (χ3n) is 3.56. The Morgan fingerprint density at radius 3 is 2.47 bits per heavy atom. The molecule has 2 rings (SSSR count). The number of nitrogens with two attached hydrogens (primary N) is 1. The molecule has 5 nitrogen and oxygen atoms in total. The topological polar surface area (TPSA) is 57.0 Å². The van der Waals surface area contributed by atoms with E-state index in [-0.39, 0.29) is 11.9 Å². The Kier molecular flexibility index (Phi) is 4.76. The van der Waals surface area contributed by atoms with Crippen molar-refractivity contribution < 1.29 is 14.2 Å². The Labute approximate surface area is 103 Å². The summed E-state index contributed by atoms with van der Waals surface area (Å²) >= 11 is 0. The van der Waals surface area contributed by atoms with E-state index in [0.717, 1.165) is 52.3 Å². The Bertz CT molecular complexity index is 222. The second-order valence-electron chi connectivity index (χ2n) is 4.72. The van der Waals surface area contributed by atoms with Crippen molar-refractivity contribution in [1.82, 2.24) is 4.90 Å². The maximum Gasteiger partial charge on any atom is 0.170 e. The zero-order chi connectivity index (χ0) is 12.1. The number of rotatable bonds is 5. The van der Waals surface area contributed by atoms with Crippen molar-refractivity contribution in [3.63, 3.8) is 0 Å². The van der Waals surface area contributed by atoms with Crippen LogP contribution < -0.4 is 5.73 Å². The third-order valence-corrected chi connectivity index (χ3v) is 3.56. The number of ether oxygens (including phenoxy) is 3. The largest absolute Gasteiger partial charge is 0.376 e. The highest BCUT2D eigenvalue weighted by Crippen LogP contribution is 2.31. The smallest absolute Gasteiger partial charge is 0.170 e. The Morgan fingerprint density at radius 1 is 1.29 bits per heavy atom. The zero-order valence-electron chi connectivity index (χ0n) is 10.7. The molecule has 1 atom stereocenters. The van der Waals surface area contributed by atoms with Crippen LogP contribution in [0, 0.1) is 0 Å². The first kappa shape index (κ1) is 13.2. The predicted molar refractivity (Wildman–Crippen MR) is 64.8 cm³/mol. The molecule has 0 radical (unpaired) electrons. The minimum atomic E-state index is -0.277. The average molecular weight is 244 g/mol. The van der Waals surface area contributed by atoms with E-state index >= 15 is 0 Å². The summed E-state index contributed by atoms with van der Waals surface area (Å²) < 4.78 is 17.0. The number of nitrogens with zero attached hydrogens (tertiary/aromatic N) is 1. The van der Waals surface area contributed by atoms with Gasteiger partial charge >= 0.3 is 0 Å². The van der Waals surface area contributed by atoms with Crippen molar-refractivity contribution in [2.75, 3.05) is 46.0 Å². The van der Waals surface area contributed by atoms with Gasteiger partial charge in [0.25, 0.3) is 0 Å². The van der Waals surface area contributed by atoms with Crippen LogP contribution in [-0.2, 0) is 14.2 Å². The predicted octanol–water partition coefficient (Wildman–Crippen LogP) is 0.189. The summed E-state index contributed by atoms with van der Waals surface area (Å²) in [5, 5.41) is 0. The van der Waals surface area contributed by atoms with Gasteiger partial charge in [0, 0.05) is 45.6 Å². The van der Waals surface area contributed by atoms with Crippen molar-refractivity contribution in [3.05, 3.63) is 0 Å². The van der Waals surface area contributed by atoms with Crippen LogP contribution in [0.25, 0.3) is 0 Å². The van der Waals surface area contributed by atoms with Gasteiger partial charge in [0.05, 0.1) is 19.3 Å². The van der Waals surface area contributed by atoms with E-state index in [4.69, 9.17) is 19.9 Å². The van der Waals surface area contributed by atoms with Crippen molar-refractivity contribution >= 4 is 0 Å². The number of likely N-dealkylation sites (tertiary alicyclic amines) is 1. The molecule has 2 saturated heterocycles. The van der Waals surface area contributed by atoms with Gasteiger partial charge in [-0.15, -0.1) is 0 Å². The van der Waals surface area contributed by atoms with E-state index in [1.165, 1.54) is 0 Å². The summed E-state index contributed by atoms with van der Waals surface area (Å²) in [6, 6.07) is 0. The standard InChI is InChI=1S/C12H24N2O3/c1-2-15-11(9-13)10-14-5-3-12(4-6-14)16-7-8-17-12/h11H,2-10,13H2,1H3. The Hall–Kier alpha value is -0.200. The minimum absolute atomic E-state index is 0.152. The van der Waals surface area contributed by atoms with Crippen LogP contribution in [0.1, 0.15) is 19.8 Å². The van der Waals surface area contributed by atoms with Crippen LogP contribution in [0.4, 0.5) is 0 Å². The first-order chi connectivity index (χ1) is 8.28. The number of hydrogen-bond donors (Lipinski definition) is 1. The fourth-order valence-corrected chi connectivity index (χ4v) is 2.58. The summed E-state index contributed by atoms with van der Waals surface area (Å²) in [6.45, 7) is 7.73. The molecule has 2 heterocycles. The molecule has 17 heavy (non-hydrogen) atoms. The molecule has 2 N–H and O–H groups in total. The fraction of sp³-hybridized carbons (Fsp3) is 1.00. The van der Waals surface area contributed by atoms with E-state index in [2.05, 4.69) is 4.90 Å². The van der Waals surface area contributed by atoms with E-state index in [9.17, 15) is 0 Å². The van der Waals surface area contributed by atoms with Crippen molar-refractivity contribution in [2.45, 2.75) is 31.7 Å². The van der Waals surface area contributed by atoms with Crippen molar-refractivity contribution in [3.8, 4) is 0 Å². The van der Waals surface area contributed by atoms with Gasteiger partial charge in [-0.2, -0.15) is 0 Å². The monoisotopic (exact) mass is 244 g/mol. The van der Waals surface area contributed by atoms with Crippen LogP contribution in [0.2, 0.25) is 0 Å². The summed E-state index contributed by atoms with van der Waals surface area (Å²) in [6.07, 6.45) is 2.06.